The Balaban J connectivity index is 1.75. The van der Waals surface area contributed by atoms with Gasteiger partial charge in [-0.25, -0.2) is 0 Å². The number of rotatable bonds is 5. The van der Waals surface area contributed by atoms with Crippen LogP contribution >= 0.6 is 15.9 Å². The van der Waals surface area contributed by atoms with E-state index in [2.05, 4.69) is 15.9 Å². The van der Waals surface area contributed by atoms with Crippen LogP contribution in [-0.2, 0) is 30.3 Å². The summed E-state index contributed by atoms with van der Waals surface area (Å²) in [6.07, 6.45) is -1.68. The Hall–Kier alpha value is -0.790. The lowest BCUT2D eigenvalue weighted by atomic mass is 10.1. The number of carbonyl (C=O) groups excluding carboxylic acids is 1. The van der Waals surface area contributed by atoms with Crippen LogP contribution in [0.25, 0.3) is 0 Å². The molecule has 0 spiro atoms. The Kier molecular flexibility index (Phi) is 4.90. The van der Waals surface area contributed by atoms with Gasteiger partial charge in [0.2, 0.25) is 0 Å². The summed E-state index contributed by atoms with van der Waals surface area (Å²) in [5.41, 5.74) is 1.01. The molecule has 0 N–H and O–H groups in total. The molecule has 5 nitrogen and oxygen atoms in total. The molecular weight excluding hydrogens is 364 g/mol. The smallest absolute Gasteiger partial charge is 0.190 e. The summed E-state index contributed by atoms with van der Waals surface area (Å²) in [7, 11) is 0. The number of fused-ring (bicyclic) bond motifs is 1. The second kappa shape index (κ2) is 6.61. The van der Waals surface area contributed by atoms with E-state index in [0.717, 1.165) is 10.0 Å². The van der Waals surface area contributed by atoms with E-state index in [1.807, 2.05) is 45.0 Å². The van der Waals surface area contributed by atoms with Crippen LogP contribution in [0.3, 0.4) is 0 Å². The second-order valence-electron chi connectivity index (χ2n) is 6.21. The van der Waals surface area contributed by atoms with E-state index >= 15 is 0 Å². The molecular formula is C17H21BrO5. The van der Waals surface area contributed by atoms with Crippen LogP contribution in [0.4, 0.5) is 0 Å². The Morgan fingerprint density at radius 2 is 2.04 bits per heavy atom. The fourth-order valence-electron chi connectivity index (χ4n) is 2.92. The van der Waals surface area contributed by atoms with E-state index in [0.29, 0.717) is 13.0 Å². The van der Waals surface area contributed by atoms with Gasteiger partial charge in [-0.1, -0.05) is 41.1 Å². The number of carbonyl (C=O) groups is 1. The third kappa shape index (κ3) is 3.51. The van der Waals surface area contributed by atoms with Gasteiger partial charge in [0.25, 0.3) is 0 Å². The first-order valence-electron chi connectivity index (χ1n) is 7.80. The molecule has 4 atom stereocenters. The predicted molar refractivity (Wildman–Crippen MR) is 86.7 cm³/mol. The average molecular weight is 385 g/mol. The van der Waals surface area contributed by atoms with E-state index in [-0.39, 0.29) is 5.78 Å². The van der Waals surface area contributed by atoms with Crippen LogP contribution in [-0.4, -0.2) is 36.2 Å². The van der Waals surface area contributed by atoms with Crippen LogP contribution in [0.2, 0.25) is 0 Å². The lowest BCUT2D eigenvalue weighted by Crippen LogP contribution is -2.40. The Labute approximate surface area is 144 Å². The monoisotopic (exact) mass is 384 g/mol. The van der Waals surface area contributed by atoms with E-state index < -0.39 is 30.4 Å². The fourth-order valence-corrected chi connectivity index (χ4v) is 3.32. The minimum Gasteiger partial charge on any atom is -0.367 e. The number of Topliss-reactive ketones (excluding diaryl/α,β-unsaturated/α-hetero) is 1. The molecule has 1 aromatic carbocycles. The van der Waals surface area contributed by atoms with Crippen molar-refractivity contribution in [2.45, 2.75) is 64.2 Å². The van der Waals surface area contributed by atoms with Gasteiger partial charge in [0.15, 0.2) is 17.9 Å². The standard InChI is InChI=1S/C17H21BrO5/c1-4-12(19)13-14(15-16(21-13)23-17(2,3)22-15)20-9-10-7-5-6-8-11(10)18/h5-8,13-16H,4,9H2,1-3H3/t13-,14+,15-,16-/m1/s1. The van der Waals surface area contributed by atoms with Crippen LogP contribution in [0.15, 0.2) is 28.7 Å². The molecule has 1 aromatic rings. The summed E-state index contributed by atoms with van der Waals surface area (Å²) in [5, 5.41) is 0. The summed E-state index contributed by atoms with van der Waals surface area (Å²) in [5.74, 6) is -0.730. The van der Waals surface area contributed by atoms with Gasteiger partial charge in [-0.05, 0) is 25.5 Å². The van der Waals surface area contributed by atoms with Crippen molar-refractivity contribution in [3.05, 3.63) is 34.3 Å². The summed E-state index contributed by atoms with van der Waals surface area (Å²) in [6, 6.07) is 7.83. The van der Waals surface area contributed by atoms with Crippen LogP contribution < -0.4 is 0 Å². The zero-order chi connectivity index (χ0) is 16.6. The molecule has 2 aliphatic rings. The molecule has 0 unspecified atom stereocenters. The van der Waals surface area contributed by atoms with Crippen molar-refractivity contribution in [3.8, 4) is 0 Å². The topological polar surface area (TPSA) is 54.0 Å². The molecule has 2 aliphatic heterocycles. The highest BCUT2D eigenvalue weighted by atomic mass is 79.9. The third-order valence-corrected chi connectivity index (χ3v) is 4.82. The second-order valence-corrected chi connectivity index (χ2v) is 7.07. The highest BCUT2D eigenvalue weighted by molar-refractivity contribution is 9.10. The largest absolute Gasteiger partial charge is 0.367 e. The van der Waals surface area contributed by atoms with Gasteiger partial charge in [0, 0.05) is 10.9 Å². The molecule has 0 aromatic heterocycles. The van der Waals surface area contributed by atoms with E-state index in [9.17, 15) is 4.79 Å². The molecule has 0 saturated carbocycles. The maximum absolute atomic E-state index is 12.2. The molecule has 23 heavy (non-hydrogen) atoms. The average Bonchev–Trinajstić information content (AvgIpc) is 2.98. The highest BCUT2D eigenvalue weighted by Crippen LogP contribution is 2.39. The summed E-state index contributed by atoms with van der Waals surface area (Å²) in [6.45, 7) is 5.85. The van der Waals surface area contributed by atoms with Gasteiger partial charge in [0.1, 0.15) is 18.3 Å². The van der Waals surface area contributed by atoms with Crippen molar-refractivity contribution < 1.29 is 23.7 Å². The number of benzene rings is 1. The molecule has 0 aliphatic carbocycles. The van der Waals surface area contributed by atoms with Crippen LogP contribution in [0.1, 0.15) is 32.8 Å². The summed E-state index contributed by atoms with van der Waals surface area (Å²) >= 11 is 3.50. The van der Waals surface area contributed by atoms with E-state index in [1.165, 1.54) is 0 Å². The van der Waals surface area contributed by atoms with E-state index in [1.54, 1.807) is 0 Å². The van der Waals surface area contributed by atoms with Gasteiger partial charge >= 0.3 is 0 Å². The Morgan fingerprint density at radius 1 is 1.30 bits per heavy atom. The molecule has 126 valence electrons. The van der Waals surface area contributed by atoms with Gasteiger partial charge in [-0.15, -0.1) is 0 Å². The van der Waals surface area contributed by atoms with Crippen molar-refractivity contribution in [2.24, 2.45) is 0 Å². The van der Waals surface area contributed by atoms with Crippen molar-refractivity contribution in [3.63, 3.8) is 0 Å². The number of ketones is 1. The molecule has 0 bridgehead atoms. The summed E-state index contributed by atoms with van der Waals surface area (Å²) < 4.78 is 24.4. The van der Waals surface area contributed by atoms with Gasteiger partial charge in [-0.2, -0.15) is 0 Å². The first kappa shape index (κ1) is 17.0. The molecule has 6 heteroatoms. The van der Waals surface area contributed by atoms with Gasteiger partial charge < -0.3 is 18.9 Å². The fraction of sp³-hybridized carbons (Fsp3) is 0.588. The highest BCUT2D eigenvalue weighted by Gasteiger charge is 2.56. The first-order valence-corrected chi connectivity index (χ1v) is 8.59. The zero-order valence-electron chi connectivity index (χ0n) is 13.5. The van der Waals surface area contributed by atoms with Gasteiger partial charge in [-0.3, -0.25) is 4.79 Å². The molecule has 0 radical (unpaired) electrons. The SMILES string of the molecule is CCC(=O)[C@H]1O[C@@H]2OC(C)(C)O[C@@H]2[C@H]1OCc1ccccc1Br. The van der Waals surface area contributed by atoms with Crippen LogP contribution in [0.5, 0.6) is 0 Å². The van der Waals surface area contributed by atoms with Crippen molar-refractivity contribution in [1.29, 1.82) is 0 Å². The molecule has 2 fully saturated rings. The normalized spacial score (nSPS) is 32.0. The number of halogens is 1. The summed E-state index contributed by atoms with van der Waals surface area (Å²) in [4.78, 5) is 12.2. The number of hydrogen-bond donors (Lipinski definition) is 0. The lowest BCUT2D eigenvalue weighted by molar-refractivity contribution is -0.218. The van der Waals surface area contributed by atoms with E-state index in [4.69, 9.17) is 18.9 Å². The molecule has 2 saturated heterocycles. The Morgan fingerprint density at radius 3 is 2.74 bits per heavy atom. The predicted octanol–water partition coefficient (Wildman–Crippen LogP) is 3.19. The maximum atomic E-state index is 12.2. The first-order chi connectivity index (χ1) is 10.9. The van der Waals surface area contributed by atoms with Crippen LogP contribution in [0, 0.1) is 0 Å². The lowest BCUT2D eigenvalue weighted by Gasteiger charge is -2.25. The molecule has 2 heterocycles. The molecule has 3 rings (SSSR count). The Bertz CT molecular complexity index is 588. The van der Waals surface area contributed by atoms with Gasteiger partial charge in [0.05, 0.1) is 6.61 Å². The van der Waals surface area contributed by atoms with Crippen molar-refractivity contribution in [2.75, 3.05) is 0 Å². The van der Waals surface area contributed by atoms with Crippen molar-refractivity contribution in [1.82, 2.24) is 0 Å². The quantitative estimate of drug-likeness (QED) is 0.779. The van der Waals surface area contributed by atoms with Crippen molar-refractivity contribution >= 4 is 21.7 Å². The zero-order valence-corrected chi connectivity index (χ0v) is 15.0. The minimum atomic E-state index is -0.732. The number of ether oxygens (including phenoxy) is 4. The number of hydrogen-bond acceptors (Lipinski definition) is 5. The molecule has 0 amide bonds. The third-order valence-electron chi connectivity index (χ3n) is 4.05. The maximum Gasteiger partial charge on any atom is 0.190 e. The minimum absolute atomic E-state index is 0.00142.